The molecule has 1 aromatic heterocycles. The van der Waals surface area contributed by atoms with E-state index in [1.54, 1.807) is 0 Å². The van der Waals surface area contributed by atoms with Crippen molar-refractivity contribution in [1.82, 2.24) is 9.88 Å². The first-order valence-electron chi connectivity index (χ1n) is 9.88. The van der Waals surface area contributed by atoms with Crippen LogP contribution in [0.3, 0.4) is 0 Å². The van der Waals surface area contributed by atoms with E-state index in [1.807, 2.05) is 60.9 Å². The number of nitrogens with zero attached hydrogens (tertiary/aromatic N) is 1. The molecule has 1 heterocycles. The third-order valence-electron chi connectivity index (χ3n) is 5.12. The van der Waals surface area contributed by atoms with Gasteiger partial charge < -0.3 is 9.88 Å². The summed E-state index contributed by atoms with van der Waals surface area (Å²) in [6.45, 7) is 0.529. The van der Waals surface area contributed by atoms with Crippen molar-refractivity contribution < 1.29 is 4.79 Å². The molecule has 3 aromatic carbocycles. The van der Waals surface area contributed by atoms with E-state index in [4.69, 9.17) is 0 Å². The van der Waals surface area contributed by atoms with Gasteiger partial charge >= 0.3 is 0 Å². The van der Waals surface area contributed by atoms with Crippen LogP contribution in [0, 0.1) is 0 Å². The van der Waals surface area contributed by atoms with Crippen LogP contribution in [0.5, 0.6) is 0 Å². The Balaban J connectivity index is 1.41. The molecule has 0 saturated heterocycles. The van der Waals surface area contributed by atoms with Gasteiger partial charge in [-0.1, -0.05) is 72.8 Å². The highest BCUT2D eigenvalue weighted by molar-refractivity contribution is 5.77. The van der Waals surface area contributed by atoms with E-state index in [2.05, 4.69) is 58.4 Å². The van der Waals surface area contributed by atoms with Crippen LogP contribution >= 0.6 is 0 Å². The summed E-state index contributed by atoms with van der Waals surface area (Å²) >= 11 is 0. The zero-order valence-electron chi connectivity index (χ0n) is 16.2. The molecular weight excluding hydrogens is 356 g/mol. The fourth-order valence-electron chi connectivity index (χ4n) is 3.55. The predicted octanol–water partition coefficient (Wildman–Crippen LogP) is 5.32. The van der Waals surface area contributed by atoms with Crippen molar-refractivity contribution in [3.63, 3.8) is 0 Å². The number of benzene rings is 3. The number of rotatable bonds is 7. The quantitative estimate of drug-likeness (QED) is 0.463. The van der Waals surface area contributed by atoms with Crippen LogP contribution in [0.2, 0.25) is 0 Å². The predicted molar refractivity (Wildman–Crippen MR) is 117 cm³/mol. The Morgan fingerprint density at radius 3 is 1.83 bits per heavy atom. The number of carbonyl (C=O) groups is 1. The minimum absolute atomic E-state index is 0.0496. The molecule has 0 radical (unpaired) electrons. The maximum atomic E-state index is 12.7. The highest BCUT2D eigenvalue weighted by Crippen LogP contribution is 2.27. The van der Waals surface area contributed by atoms with Gasteiger partial charge in [0.2, 0.25) is 5.91 Å². The SMILES string of the molecule is O=C(CC(c1ccccc1)c1ccccc1)NCc1ccc(-n2cccc2)cc1. The molecule has 0 saturated carbocycles. The van der Waals surface area contributed by atoms with Crippen molar-refractivity contribution in [3.8, 4) is 5.69 Å². The average molecular weight is 380 g/mol. The molecule has 1 amide bonds. The lowest BCUT2D eigenvalue weighted by molar-refractivity contribution is -0.121. The van der Waals surface area contributed by atoms with Crippen molar-refractivity contribution in [1.29, 1.82) is 0 Å². The monoisotopic (exact) mass is 380 g/mol. The second kappa shape index (κ2) is 9.07. The number of aromatic nitrogens is 1. The molecular formula is C26H24N2O. The summed E-state index contributed by atoms with van der Waals surface area (Å²) in [5.74, 6) is 0.103. The lowest BCUT2D eigenvalue weighted by Gasteiger charge is -2.18. The first-order valence-corrected chi connectivity index (χ1v) is 9.88. The van der Waals surface area contributed by atoms with Gasteiger partial charge in [0.05, 0.1) is 0 Å². The summed E-state index contributed by atoms with van der Waals surface area (Å²) < 4.78 is 2.06. The maximum absolute atomic E-state index is 12.7. The Bertz CT molecular complexity index is 984. The molecule has 0 bridgehead atoms. The van der Waals surface area contributed by atoms with Gasteiger partial charge in [0.25, 0.3) is 0 Å². The first kappa shape index (κ1) is 18.8. The van der Waals surface area contributed by atoms with Gasteiger partial charge in [0.1, 0.15) is 0 Å². The summed E-state index contributed by atoms with van der Waals surface area (Å²) in [5, 5.41) is 3.08. The van der Waals surface area contributed by atoms with Crippen LogP contribution < -0.4 is 5.32 Å². The fraction of sp³-hybridized carbons (Fsp3) is 0.115. The van der Waals surface area contributed by atoms with Crippen LogP contribution in [-0.4, -0.2) is 10.5 Å². The minimum Gasteiger partial charge on any atom is -0.352 e. The van der Waals surface area contributed by atoms with Crippen LogP contribution in [0.4, 0.5) is 0 Å². The Kier molecular flexibility index (Phi) is 5.87. The average Bonchev–Trinajstić information content (AvgIpc) is 3.33. The number of carbonyl (C=O) groups excluding carboxylic acids is 1. The summed E-state index contributed by atoms with van der Waals surface area (Å²) in [6, 6.07) is 32.7. The Hall–Kier alpha value is -3.59. The zero-order valence-corrected chi connectivity index (χ0v) is 16.2. The molecule has 0 spiro atoms. The normalized spacial score (nSPS) is 10.8. The first-order chi connectivity index (χ1) is 14.3. The second-order valence-electron chi connectivity index (χ2n) is 7.11. The summed E-state index contributed by atoms with van der Waals surface area (Å²) in [6.07, 6.45) is 4.46. The lowest BCUT2D eigenvalue weighted by atomic mass is 9.88. The number of hydrogen-bond acceptors (Lipinski definition) is 1. The van der Waals surface area contributed by atoms with Crippen LogP contribution in [0.25, 0.3) is 5.69 Å². The third kappa shape index (κ3) is 4.82. The molecule has 4 rings (SSSR count). The van der Waals surface area contributed by atoms with Crippen LogP contribution in [0.15, 0.2) is 109 Å². The molecule has 0 aliphatic carbocycles. The van der Waals surface area contributed by atoms with Gasteiger partial charge in [-0.05, 0) is 41.0 Å². The number of hydrogen-bond donors (Lipinski definition) is 1. The minimum atomic E-state index is 0.0496. The van der Waals surface area contributed by atoms with Crippen LogP contribution in [-0.2, 0) is 11.3 Å². The van der Waals surface area contributed by atoms with Gasteiger partial charge in [-0.25, -0.2) is 0 Å². The molecule has 0 unspecified atom stereocenters. The fourth-order valence-corrected chi connectivity index (χ4v) is 3.55. The lowest BCUT2D eigenvalue weighted by Crippen LogP contribution is -2.25. The molecule has 0 aliphatic heterocycles. The van der Waals surface area contributed by atoms with Gasteiger partial charge in [-0.2, -0.15) is 0 Å². The molecule has 0 fully saturated rings. The molecule has 29 heavy (non-hydrogen) atoms. The third-order valence-corrected chi connectivity index (χ3v) is 5.12. The Morgan fingerprint density at radius 1 is 0.724 bits per heavy atom. The standard InChI is InChI=1S/C26H24N2O/c29-26(27-20-21-13-15-24(16-14-21)28-17-7-8-18-28)19-25(22-9-3-1-4-10-22)23-11-5-2-6-12-23/h1-18,25H,19-20H2,(H,27,29). The van der Waals surface area contributed by atoms with Crippen molar-refractivity contribution in [2.45, 2.75) is 18.9 Å². The van der Waals surface area contributed by atoms with Crippen LogP contribution in [0.1, 0.15) is 29.0 Å². The van der Waals surface area contributed by atoms with E-state index in [9.17, 15) is 4.79 Å². The molecule has 1 N–H and O–H groups in total. The smallest absolute Gasteiger partial charge is 0.221 e. The maximum Gasteiger partial charge on any atom is 0.221 e. The highest BCUT2D eigenvalue weighted by Gasteiger charge is 2.17. The van der Waals surface area contributed by atoms with Crippen molar-refractivity contribution in [2.24, 2.45) is 0 Å². The number of amides is 1. The van der Waals surface area contributed by atoms with E-state index in [1.165, 1.54) is 0 Å². The molecule has 0 atom stereocenters. The summed E-state index contributed by atoms with van der Waals surface area (Å²) in [4.78, 5) is 12.7. The van der Waals surface area contributed by atoms with Crippen molar-refractivity contribution in [2.75, 3.05) is 0 Å². The van der Waals surface area contributed by atoms with E-state index in [0.29, 0.717) is 13.0 Å². The number of nitrogens with one attached hydrogen (secondary N) is 1. The van der Waals surface area contributed by atoms with E-state index in [-0.39, 0.29) is 11.8 Å². The molecule has 0 aliphatic rings. The topological polar surface area (TPSA) is 34.0 Å². The highest BCUT2D eigenvalue weighted by atomic mass is 16.1. The summed E-state index contributed by atoms with van der Waals surface area (Å²) in [5.41, 5.74) is 4.51. The zero-order chi connectivity index (χ0) is 19.9. The molecule has 4 aromatic rings. The van der Waals surface area contributed by atoms with Crippen molar-refractivity contribution >= 4 is 5.91 Å². The molecule has 3 nitrogen and oxygen atoms in total. The summed E-state index contributed by atoms with van der Waals surface area (Å²) in [7, 11) is 0. The van der Waals surface area contributed by atoms with Gasteiger partial charge in [0, 0.05) is 37.0 Å². The van der Waals surface area contributed by atoms with Gasteiger partial charge in [-0.15, -0.1) is 0 Å². The molecule has 3 heteroatoms. The van der Waals surface area contributed by atoms with E-state index < -0.39 is 0 Å². The van der Waals surface area contributed by atoms with E-state index >= 15 is 0 Å². The van der Waals surface area contributed by atoms with Gasteiger partial charge in [0.15, 0.2) is 0 Å². The van der Waals surface area contributed by atoms with E-state index in [0.717, 1.165) is 22.4 Å². The Morgan fingerprint density at radius 2 is 1.28 bits per heavy atom. The van der Waals surface area contributed by atoms with Gasteiger partial charge in [-0.3, -0.25) is 4.79 Å². The Labute approximate surface area is 171 Å². The van der Waals surface area contributed by atoms with Crippen molar-refractivity contribution in [3.05, 3.63) is 126 Å². The molecule has 144 valence electrons. The largest absolute Gasteiger partial charge is 0.352 e. The second-order valence-corrected chi connectivity index (χ2v) is 7.11.